The van der Waals surface area contributed by atoms with E-state index >= 15 is 0 Å². The van der Waals surface area contributed by atoms with E-state index in [9.17, 15) is 17.6 Å². The first-order chi connectivity index (χ1) is 7.77. The first-order valence-electron chi connectivity index (χ1n) is 4.71. The van der Waals surface area contributed by atoms with E-state index in [4.69, 9.17) is 22.1 Å². The van der Waals surface area contributed by atoms with Crippen molar-refractivity contribution >= 4 is 11.6 Å². The lowest BCUT2D eigenvalue weighted by atomic mass is 10.1. The maximum Gasteiger partial charge on any atom is 0.407 e. The number of alkyl halides is 3. The van der Waals surface area contributed by atoms with Crippen LogP contribution < -0.4 is 10.5 Å². The summed E-state index contributed by atoms with van der Waals surface area (Å²) >= 11 is 5.62. The van der Waals surface area contributed by atoms with Crippen LogP contribution in [-0.2, 0) is 0 Å². The van der Waals surface area contributed by atoms with Gasteiger partial charge in [-0.3, -0.25) is 0 Å². The van der Waals surface area contributed by atoms with Crippen molar-refractivity contribution in [2.45, 2.75) is 19.1 Å². The van der Waals surface area contributed by atoms with Crippen LogP contribution in [0.1, 0.15) is 18.5 Å². The van der Waals surface area contributed by atoms with E-state index in [1.54, 1.807) is 6.92 Å². The Bertz CT molecular complexity index is 385. The summed E-state index contributed by atoms with van der Waals surface area (Å²) in [5, 5.41) is -0.235. The lowest BCUT2D eigenvalue weighted by molar-refractivity contribution is -0.149. The minimum atomic E-state index is -4.65. The number of halogens is 5. The van der Waals surface area contributed by atoms with Crippen LogP contribution in [0, 0.1) is 5.82 Å². The Balaban J connectivity index is 3.14. The van der Waals surface area contributed by atoms with Gasteiger partial charge in [0, 0.05) is 0 Å². The lowest BCUT2D eigenvalue weighted by Gasteiger charge is -2.17. The van der Waals surface area contributed by atoms with E-state index in [2.05, 4.69) is 0 Å². The van der Waals surface area contributed by atoms with Gasteiger partial charge in [0.15, 0.2) is 11.6 Å². The number of ether oxygens (including phenoxy) is 1. The molecular formula is C10H10ClF4NO. The molecule has 0 heterocycles. The predicted molar refractivity (Wildman–Crippen MR) is 55.6 cm³/mol. The Kier molecular flexibility index (Phi) is 4.21. The normalized spacial score (nSPS) is 13.6. The van der Waals surface area contributed by atoms with E-state index in [0.717, 1.165) is 6.07 Å². The molecule has 0 aliphatic rings. The summed E-state index contributed by atoms with van der Waals surface area (Å²) in [4.78, 5) is 0. The van der Waals surface area contributed by atoms with Crippen LogP contribution >= 0.6 is 11.6 Å². The molecule has 0 saturated heterocycles. The largest absolute Gasteiger partial charge is 0.489 e. The quantitative estimate of drug-likeness (QED) is 0.855. The molecule has 0 aromatic heterocycles. The zero-order valence-corrected chi connectivity index (χ0v) is 9.57. The van der Waals surface area contributed by atoms with Gasteiger partial charge in [-0.05, 0) is 24.6 Å². The second kappa shape index (κ2) is 5.10. The summed E-state index contributed by atoms with van der Waals surface area (Å²) in [5.41, 5.74) is 4.50. The molecule has 0 fully saturated rings. The molecule has 1 rings (SSSR count). The van der Waals surface area contributed by atoms with Gasteiger partial charge in [-0.15, -0.1) is 0 Å². The van der Waals surface area contributed by atoms with Gasteiger partial charge in [0.05, 0.1) is 11.6 Å². The van der Waals surface area contributed by atoms with Crippen molar-refractivity contribution in [3.63, 3.8) is 0 Å². The lowest BCUT2D eigenvalue weighted by Crippen LogP contribution is -2.28. The number of benzene rings is 1. The van der Waals surface area contributed by atoms with Crippen LogP contribution in [0.25, 0.3) is 0 Å². The molecule has 1 atom stereocenters. The molecule has 2 N–H and O–H groups in total. The Hall–Kier alpha value is -1.01. The Morgan fingerprint density at radius 3 is 2.41 bits per heavy atom. The average Bonchev–Trinajstić information content (AvgIpc) is 2.20. The minimum Gasteiger partial charge on any atom is -0.489 e. The molecule has 0 saturated carbocycles. The fourth-order valence-corrected chi connectivity index (χ4v) is 1.50. The highest BCUT2D eigenvalue weighted by Crippen LogP contribution is 2.36. The number of hydrogen-bond donors (Lipinski definition) is 1. The van der Waals surface area contributed by atoms with Crippen molar-refractivity contribution in [1.82, 2.24) is 0 Å². The van der Waals surface area contributed by atoms with Crippen molar-refractivity contribution < 1.29 is 22.3 Å². The number of hydrogen-bond acceptors (Lipinski definition) is 2. The maximum absolute atomic E-state index is 13.4. The molecule has 1 aromatic carbocycles. The van der Waals surface area contributed by atoms with Crippen molar-refractivity contribution in [2.24, 2.45) is 5.73 Å². The molecule has 0 bridgehead atoms. The summed E-state index contributed by atoms with van der Waals surface area (Å²) < 4.78 is 55.2. The van der Waals surface area contributed by atoms with Crippen molar-refractivity contribution in [1.29, 1.82) is 0 Å². The van der Waals surface area contributed by atoms with Crippen LogP contribution in [0.15, 0.2) is 12.1 Å². The molecule has 0 aliphatic carbocycles. The van der Waals surface area contributed by atoms with Gasteiger partial charge in [-0.1, -0.05) is 11.6 Å². The summed E-state index contributed by atoms with van der Waals surface area (Å²) in [6, 6.07) is -0.645. The van der Waals surface area contributed by atoms with Gasteiger partial charge in [-0.2, -0.15) is 13.2 Å². The molecular weight excluding hydrogens is 262 g/mol. The van der Waals surface area contributed by atoms with Crippen molar-refractivity contribution in [3.05, 3.63) is 28.5 Å². The SMILES string of the molecule is CCOc1c(F)cc([C@H](N)C(F)(F)F)cc1Cl. The molecule has 0 spiro atoms. The van der Waals surface area contributed by atoms with E-state index in [1.165, 1.54) is 0 Å². The predicted octanol–water partition coefficient (Wildman–Crippen LogP) is 3.44. The molecule has 0 unspecified atom stereocenters. The zero-order valence-electron chi connectivity index (χ0n) is 8.81. The van der Waals surface area contributed by atoms with Gasteiger partial charge in [0.1, 0.15) is 6.04 Å². The first-order valence-corrected chi connectivity index (χ1v) is 5.09. The summed E-state index contributed by atoms with van der Waals surface area (Å²) in [6.07, 6.45) is -4.65. The maximum atomic E-state index is 13.4. The van der Waals surface area contributed by atoms with Gasteiger partial charge in [-0.25, -0.2) is 4.39 Å². The average molecular weight is 272 g/mol. The topological polar surface area (TPSA) is 35.2 Å². The van der Waals surface area contributed by atoms with Crippen LogP contribution in [0.4, 0.5) is 17.6 Å². The second-order valence-electron chi connectivity index (χ2n) is 3.27. The fraction of sp³-hybridized carbons (Fsp3) is 0.400. The third-order valence-corrected chi connectivity index (χ3v) is 2.30. The molecule has 1 aromatic rings. The zero-order chi connectivity index (χ0) is 13.2. The van der Waals surface area contributed by atoms with Crippen molar-refractivity contribution in [3.8, 4) is 5.75 Å². The molecule has 17 heavy (non-hydrogen) atoms. The van der Waals surface area contributed by atoms with E-state index < -0.39 is 23.6 Å². The third kappa shape index (κ3) is 3.23. The monoisotopic (exact) mass is 271 g/mol. The Morgan fingerprint density at radius 2 is 2.00 bits per heavy atom. The molecule has 0 radical (unpaired) electrons. The van der Waals surface area contributed by atoms with Gasteiger partial charge in [0.2, 0.25) is 0 Å². The first kappa shape index (κ1) is 14.1. The molecule has 0 aliphatic heterocycles. The van der Waals surface area contributed by atoms with E-state index in [0.29, 0.717) is 6.07 Å². The summed E-state index contributed by atoms with van der Waals surface area (Å²) in [5.74, 6) is -1.23. The van der Waals surface area contributed by atoms with E-state index in [-0.39, 0.29) is 17.4 Å². The Morgan fingerprint density at radius 1 is 1.41 bits per heavy atom. The standard InChI is InChI=1S/C10H10ClF4NO/c1-2-17-8-6(11)3-5(4-7(8)12)9(16)10(13,14)15/h3-4,9H,2,16H2,1H3/t9-/m0/s1. The smallest absolute Gasteiger partial charge is 0.407 e. The molecule has 7 heteroatoms. The van der Waals surface area contributed by atoms with Crippen LogP contribution in [0.2, 0.25) is 5.02 Å². The van der Waals surface area contributed by atoms with Gasteiger partial charge < -0.3 is 10.5 Å². The van der Waals surface area contributed by atoms with Crippen molar-refractivity contribution in [2.75, 3.05) is 6.61 Å². The van der Waals surface area contributed by atoms with Crippen LogP contribution in [-0.4, -0.2) is 12.8 Å². The highest BCUT2D eigenvalue weighted by Gasteiger charge is 2.38. The summed E-state index contributed by atoms with van der Waals surface area (Å²) in [6.45, 7) is 1.76. The second-order valence-corrected chi connectivity index (χ2v) is 3.67. The van der Waals surface area contributed by atoms with Gasteiger partial charge in [0.25, 0.3) is 0 Å². The van der Waals surface area contributed by atoms with Crippen LogP contribution in [0.3, 0.4) is 0 Å². The van der Waals surface area contributed by atoms with Crippen LogP contribution in [0.5, 0.6) is 5.75 Å². The molecule has 96 valence electrons. The highest BCUT2D eigenvalue weighted by atomic mass is 35.5. The molecule has 0 amide bonds. The highest BCUT2D eigenvalue weighted by molar-refractivity contribution is 6.32. The van der Waals surface area contributed by atoms with E-state index in [1.807, 2.05) is 0 Å². The number of nitrogens with two attached hydrogens (primary N) is 1. The fourth-order valence-electron chi connectivity index (χ4n) is 1.23. The summed E-state index contributed by atoms with van der Waals surface area (Å²) in [7, 11) is 0. The third-order valence-electron chi connectivity index (χ3n) is 2.02. The van der Waals surface area contributed by atoms with Gasteiger partial charge >= 0.3 is 6.18 Å². The minimum absolute atomic E-state index is 0.154. The number of rotatable bonds is 3. The molecule has 2 nitrogen and oxygen atoms in total. The Labute approximate surface area is 100 Å².